The highest BCUT2D eigenvalue weighted by atomic mass is 32.2. The van der Waals surface area contributed by atoms with Gasteiger partial charge >= 0.3 is 12.0 Å². The molecule has 5 nitrogen and oxygen atoms in total. The third kappa shape index (κ3) is 3.59. The molecule has 0 atom stereocenters. The predicted octanol–water partition coefficient (Wildman–Crippen LogP) is 2.36. The fourth-order valence-electron chi connectivity index (χ4n) is 3.24. The standard InChI is InChI=1S/C14H24N2O3S/c1-20-14(7-4-8-14)10-15-12(19)16-13(9-11(17)18)5-2-3-6-13/h2-10H2,1H3,(H,17,18)(H2,15,16,19). The van der Waals surface area contributed by atoms with Gasteiger partial charge in [0.15, 0.2) is 0 Å². The molecule has 0 aromatic rings. The van der Waals surface area contributed by atoms with E-state index < -0.39 is 11.5 Å². The minimum atomic E-state index is -0.841. The van der Waals surface area contributed by atoms with Crippen LogP contribution >= 0.6 is 11.8 Å². The monoisotopic (exact) mass is 300 g/mol. The van der Waals surface area contributed by atoms with Crippen LogP contribution in [0.3, 0.4) is 0 Å². The number of carboxylic acid groups (broad SMARTS) is 1. The Bertz CT molecular complexity index is 371. The van der Waals surface area contributed by atoms with Crippen LogP contribution in [0.2, 0.25) is 0 Å². The Morgan fingerprint density at radius 3 is 2.25 bits per heavy atom. The minimum Gasteiger partial charge on any atom is -0.481 e. The summed E-state index contributed by atoms with van der Waals surface area (Å²) in [7, 11) is 0. The topological polar surface area (TPSA) is 78.4 Å². The Hall–Kier alpha value is -0.910. The van der Waals surface area contributed by atoms with Gasteiger partial charge in [-0.25, -0.2) is 4.79 Å². The molecular formula is C14H24N2O3S. The van der Waals surface area contributed by atoms with E-state index in [0.29, 0.717) is 6.54 Å². The Morgan fingerprint density at radius 2 is 1.80 bits per heavy atom. The molecule has 3 N–H and O–H groups in total. The van der Waals surface area contributed by atoms with Crippen molar-refractivity contribution in [2.75, 3.05) is 12.8 Å². The van der Waals surface area contributed by atoms with Crippen molar-refractivity contribution in [3.05, 3.63) is 0 Å². The molecule has 0 radical (unpaired) electrons. The van der Waals surface area contributed by atoms with Gasteiger partial charge in [-0.3, -0.25) is 4.79 Å². The molecule has 2 fully saturated rings. The SMILES string of the molecule is CSC1(CNC(=O)NC2(CC(=O)O)CCCC2)CCC1. The second-order valence-corrected chi connectivity index (χ2v) is 7.38. The molecule has 0 spiro atoms. The summed E-state index contributed by atoms with van der Waals surface area (Å²) in [6.45, 7) is 0.670. The largest absolute Gasteiger partial charge is 0.481 e. The van der Waals surface area contributed by atoms with E-state index >= 15 is 0 Å². The van der Waals surface area contributed by atoms with Crippen molar-refractivity contribution in [1.29, 1.82) is 0 Å². The second kappa shape index (κ2) is 6.24. The molecule has 2 amide bonds. The zero-order valence-electron chi connectivity index (χ0n) is 12.0. The van der Waals surface area contributed by atoms with E-state index in [0.717, 1.165) is 38.5 Å². The lowest BCUT2D eigenvalue weighted by atomic mass is 9.84. The molecule has 2 aliphatic rings. The predicted molar refractivity (Wildman–Crippen MR) is 80.1 cm³/mol. The van der Waals surface area contributed by atoms with Crippen LogP contribution in [0.15, 0.2) is 0 Å². The summed E-state index contributed by atoms with van der Waals surface area (Å²) in [6, 6.07) is -0.214. The number of urea groups is 1. The molecule has 0 aromatic heterocycles. The summed E-state index contributed by atoms with van der Waals surface area (Å²) in [4.78, 5) is 23.0. The Labute approximate surface area is 124 Å². The molecule has 6 heteroatoms. The van der Waals surface area contributed by atoms with Crippen molar-refractivity contribution < 1.29 is 14.7 Å². The number of rotatable bonds is 6. The Balaban J connectivity index is 1.84. The van der Waals surface area contributed by atoms with Crippen molar-refractivity contribution in [2.24, 2.45) is 0 Å². The smallest absolute Gasteiger partial charge is 0.315 e. The summed E-state index contributed by atoms with van der Waals surface area (Å²) in [5.74, 6) is -0.841. The van der Waals surface area contributed by atoms with Gasteiger partial charge in [0.1, 0.15) is 0 Å². The lowest BCUT2D eigenvalue weighted by Gasteiger charge is -2.40. The van der Waals surface area contributed by atoms with Crippen LogP contribution in [0.5, 0.6) is 0 Å². The lowest BCUT2D eigenvalue weighted by molar-refractivity contribution is -0.138. The molecule has 0 unspecified atom stereocenters. The van der Waals surface area contributed by atoms with Crippen LogP contribution in [0, 0.1) is 0 Å². The summed E-state index contributed by atoms with van der Waals surface area (Å²) < 4.78 is 0.201. The molecule has 2 saturated carbocycles. The maximum absolute atomic E-state index is 12.1. The summed E-state index contributed by atoms with van der Waals surface area (Å²) in [5.41, 5.74) is -0.540. The number of nitrogens with one attached hydrogen (secondary N) is 2. The van der Waals surface area contributed by atoms with E-state index in [9.17, 15) is 9.59 Å². The van der Waals surface area contributed by atoms with Gasteiger partial charge < -0.3 is 15.7 Å². The quantitative estimate of drug-likeness (QED) is 0.703. The fourth-order valence-corrected chi connectivity index (χ4v) is 4.15. The van der Waals surface area contributed by atoms with Gasteiger partial charge in [-0.05, 0) is 31.9 Å². The number of amides is 2. The number of hydrogen-bond donors (Lipinski definition) is 3. The number of hydrogen-bond acceptors (Lipinski definition) is 3. The summed E-state index contributed by atoms with van der Waals surface area (Å²) in [5, 5.41) is 14.9. The molecule has 0 saturated heterocycles. The molecule has 114 valence electrons. The molecule has 20 heavy (non-hydrogen) atoms. The molecule has 0 aromatic carbocycles. The average Bonchev–Trinajstić information content (AvgIpc) is 2.75. The summed E-state index contributed by atoms with van der Waals surface area (Å²) in [6.07, 6.45) is 9.14. The lowest BCUT2D eigenvalue weighted by Crippen LogP contribution is -2.54. The maximum atomic E-state index is 12.1. The second-order valence-electron chi connectivity index (χ2n) is 6.11. The highest BCUT2D eigenvalue weighted by Gasteiger charge is 2.39. The highest BCUT2D eigenvalue weighted by Crippen LogP contribution is 2.42. The van der Waals surface area contributed by atoms with Gasteiger partial charge in [0.2, 0.25) is 0 Å². The normalized spacial score (nSPS) is 22.9. The zero-order valence-corrected chi connectivity index (χ0v) is 12.9. The molecule has 0 aliphatic heterocycles. The van der Waals surface area contributed by atoms with E-state index in [-0.39, 0.29) is 17.2 Å². The van der Waals surface area contributed by atoms with Crippen LogP contribution in [0.4, 0.5) is 4.79 Å². The van der Waals surface area contributed by atoms with Gasteiger partial charge in [0, 0.05) is 11.3 Å². The molecule has 0 bridgehead atoms. The molecule has 2 rings (SSSR count). The van der Waals surface area contributed by atoms with Crippen molar-refractivity contribution >= 4 is 23.8 Å². The first-order valence-electron chi connectivity index (χ1n) is 7.32. The van der Waals surface area contributed by atoms with Gasteiger partial charge in [-0.2, -0.15) is 11.8 Å². The van der Waals surface area contributed by atoms with Crippen LogP contribution in [0.1, 0.15) is 51.4 Å². The number of carbonyl (C=O) groups is 2. The number of thioether (sulfide) groups is 1. The number of aliphatic carboxylic acids is 1. The summed E-state index contributed by atoms with van der Waals surface area (Å²) >= 11 is 1.82. The van der Waals surface area contributed by atoms with Crippen molar-refractivity contribution in [3.8, 4) is 0 Å². The van der Waals surface area contributed by atoms with E-state index in [4.69, 9.17) is 5.11 Å². The van der Waals surface area contributed by atoms with Gasteiger partial charge in [-0.1, -0.05) is 19.3 Å². The Morgan fingerprint density at radius 1 is 1.15 bits per heavy atom. The van der Waals surface area contributed by atoms with Crippen molar-refractivity contribution in [1.82, 2.24) is 10.6 Å². The van der Waals surface area contributed by atoms with E-state index in [1.165, 1.54) is 6.42 Å². The third-order valence-corrected chi connectivity index (χ3v) is 6.12. The van der Waals surface area contributed by atoms with Crippen LogP contribution in [0.25, 0.3) is 0 Å². The van der Waals surface area contributed by atoms with E-state index in [1.54, 1.807) is 0 Å². The zero-order chi connectivity index (χ0) is 14.6. The fraction of sp³-hybridized carbons (Fsp3) is 0.857. The van der Waals surface area contributed by atoms with E-state index in [2.05, 4.69) is 16.9 Å². The maximum Gasteiger partial charge on any atom is 0.315 e. The third-order valence-electron chi connectivity index (χ3n) is 4.70. The minimum absolute atomic E-state index is 0.0219. The average molecular weight is 300 g/mol. The molecule has 2 aliphatic carbocycles. The van der Waals surface area contributed by atoms with Crippen LogP contribution in [-0.4, -0.2) is 40.2 Å². The van der Waals surface area contributed by atoms with Crippen LogP contribution < -0.4 is 10.6 Å². The van der Waals surface area contributed by atoms with Crippen molar-refractivity contribution in [2.45, 2.75) is 61.7 Å². The van der Waals surface area contributed by atoms with Gasteiger partial charge in [0.25, 0.3) is 0 Å². The van der Waals surface area contributed by atoms with E-state index in [1.807, 2.05) is 11.8 Å². The first kappa shape index (κ1) is 15.5. The number of carbonyl (C=O) groups excluding carboxylic acids is 1. The Kier molecular flexibility index (Phi) is 4.83. The first-order chi connectivity index (χ1) is 9.49. The molecule has 0 heterocycles. The van der Waals surface area contributed by atoms with Gasteiger partial charge in [0.05, 0.1) is 12.0 Å². The first-order valence-corrected chi connectivity index (χ1v) is 8.55. The van der Waals surface area contributed by atoms with Crippen LogP contribution in [-0.2, 0) is 4.79 Å². The van der Waals surface area contributed by atoms with Gasteiger partial charge in [-0.15, -0.1) is 0 Å². The van der Waals surface area contributed by atoms with Crippen molar-refractivity contribution in [3.63, 3.8) is 0 Å². The number of carboxylic acids is 1. The molecular weight excluding hydrogens is 276 g/mol. The highest BCUT2D eigenvalue weighted by molar-refractivity contribution is 8.00.